The highest BCUT2D eigenvalue weighted by Crippen LogP contribution is 2.47. The number of Topliss-reactive ketones (excluding diaryl/α,β-unsaturated/α-hetero) is 2. The lowest BCUT2D eigenvalue weighted by Crippen LogP contribution is -2.48. The van der Waals surface area contributed by atoms with E-state index in [1.54, 1.807) is 52.3 Å². The van der Waals surface area contributed by atoms with Gasteiger partial charge in [0.15, 0.2) is 29.5 Å². The summed E-state index contributed by atoms with van der Waals surface area (Å²) in [5, 5.41) is 29.8. The zero-order valence-corrected chi connectivity index (χ0v) is 59.3. The third-order valence-corrected chi connectivity index (χ3v) is 20.3. The highest BCUT2D eigenvalue weighted by molar-refractivity contribution is 8.76. The molecule has 3 aromatic carbocycles. The molecular weight excluding hydrogens is 1420 g/mol. The number of anilines is 2. The number of aryl methyl sites for hydroxylation is 2. The van der Waals surface area contributed by atoms with Crippen molar-refractivity contribution in [1.29, 1.82) is 0 Å². The first-order valence-electron chi connectivity index (χ1n) is 31.5. The van der Waals surface area contributed by atoms with Crippen LogP contribution < -0.4 is 51.7 Å². The highest BCUT2D eigenvalue weighted by Gasteiger charge is 2.37. The number of benzene rings is 3. The number of hydrogen-bond donors (Lipinski definition) is 7. The summed E-state index contributed by atoms with van der Waals surface area (Å²) >= 11 is 7.20. The van der Waals surface area contributed by atoms with Crippen LogP contribution in [0.3, 0.4) is 0 Å². The van der Waals surface area contributed by atoms with Crippen molar-refractivity contribution in [2.75, 3.05) is 94.9 Å². The lowest BCUT2D eigenvalue weighted by atomic mass is 9.94. The van der Waals surface area contributed by atoms with Crippen LogP contribution >= 0.6 is 44.5 Å². The number of H-pyrrole nitrogens is 1. The number of nitrogens with zero attached hydrogens (tertiary/aromatic N) is 8. The SMILES string of the molecule is COc1cc2[nH]cc(C(=O)N3C[C@@H](CCl)c4c3cc(OC(=O)OCCSSC[C@H](NC(=O)[C@H](COC=O)CC(=O)[C@H](CCCN=C(N)N)NC(=O)[C@H](COC=O)CC(=O)CCCCn3cc(CCCC(=O)Nc5nnc(S(N)(=O)=O)s5)nn3)OC=O)c3ccccc43)c2cc1OCCN(C)C. The van der Waals surface area contributed by atoms with Crippen LogP contribution in [0.1, 0.15) is 85.3 Å². The molecule has 101 heavy (non-hydrogen) atoms. The lowest BCUT2D eigenvalue weighted by molar-refractivity contribution is -0.142. The van der Waals surface area contributed by atoms with Gasteiger partial charge in [-0.3, -0.25) is 52.8 Å². The third kappa shape index (κ3) is 24.0. The predicted molar refractivity (Wildman–Crippen MR) is 373 cm³/mol. The number of ketones is 2. The molecule has 0 aliphatic carbocycles. The topological polar surface area (TPSA) is 475 Å². The number of primary sulfonamides is 1. The quantitative estimate of drug-likeness (QED) is 0.00245. The molecule has 1 aliphatic heterocycles. The van der Waals surface area contributed by atoms with Gasteiger partial charge in [-0.25, -0.2) is 18.4 Å². The molecule has 0 unspecified atom stereocenters. The van der Waals surface area contributed by atoms with E-state index in [0.29, 0.717) is 101 Å². The van der Waals surface area contributed by atoms with Crippen LogP contribution in [0.25, 0.3) is 21.7 Å². The van der Waals surface area contributed by atoms with Crippen molar-refractivity contribution >= 4 is 154 Å². The van der Waals surface area contributed by atoms with Crippen molar-refractivity contribution in [3.8, 4) is 17.2 Å². The van der Waals surface area contributed by atoms with Crippen LogP contribution in [0.15, 0.2) is 64.2 Å². The maximum Gasteiger partial charge on any atom is 0.513 e. The largest absolute Gasteiger partial charge is 0.513 e. The fourth-order valence-electron chi connectivity index (χ4n) is 10.6. The third-order valence-electron chi connectivity index (χ3n) is 15.4. The van der Waals surface area contributed by atoms with Gasteiger partial charge in [0.1, 0.15) is 38.0 Å². The molecule has 10 N–H and O–H groups in total. The number of aliphatic imine (C=N–C) groups is 1. The van der Waals surface area contributed by atoms with Crippen LogP contribution in [0, 0.1) is 11.8 Å². The summed E-state index contributed by atoms with van der Waals surface area (Å²) in [6, 6.07) is 11.1. The standard InChI is InChI=1S/C62H78ClN15O19S4/c1-76(2)18-19-94-52-24-44-45(28-68-47(44)25-51(52)91-3)58(87)78-29-39(27-63)55-43-13-5-4-12-42(43)50(26-48(55)78)97-62(88)95-20-21-98-99-33-54(96-36-81)71-57(86)38(32-93-35-80)23-49(83)46(14-9-16-67-59(64)65)69-56(85)37(31-92-34-79)22-41(82)11-6-7-17-77-30-40(72-75-77)10-8-15-53(84)70-60-73-74-61(100-60)101(66,89)90/h4-5,12-13,24-26,28,30,34-39,46,54,68H,6-11,14-23,27,29,31-33H2,1-3H3,(H,69,85)(H,71,86)(H4,64,65,67)(H2,66,89,90)(H,70,73,84)/t37-,38-,39+,46-,54+/m0/s1. The molecule has 4 amide bonds. The average Bonchev–Trinajstić information content (AvgIpc) is 1.61. The Kier molecular flexibility index (Phi) is 31.1. The van der Waals surface area contributed by atoms with Crippen molar-refractivity contribution in [1.82, 2.24) is 45.7 Å². The van der Waals surface area contributed by atoms with E-state index < -0.39 is 87.8 Å². The number of halogens is 1. The zero-order valence-electron chi connectivity index (χ0n) is 55.2. The Morgan fingerprint density at radius 1 is 0.871 bits per heavy atom. The number of rotatable bonds is 46. The molecule has 0 fully saturated rings. The minimum Gasteiger partial charge on any atom is -0.493 e. The van der Waals surface area contributed by atoms with E-state index in [1.165, 1.54) is 17.9 Å². The number of likely N-dealkylation sites (N-methyl/N-ethyl adjacent to an activating group) is 1. The number of hydrogen-bond acceptors (Lipinski definition) is 28. The van der Waals surface area contributed by atoms with Gasteiger partial charge in [0.2, 0.25) is 27.2 Å². The van der Waals surface area contributed by atoms with E-state index >= 15 is 0 Å². The van der Waals surface area contributed by atoms with Gasteiger partial charge in [-0.15, -0.1) is 26.9 Å². The maximum absolute atomic E-state index is 14.6. The average molecular weight is 1500 g/mol. The second kappa shape index (κ2) is 39.7. The molecule has 0 bridgehead atoms. The van der Waals surface area contributed by atoms with Gasteiger partial charge in [-0.2, -0.15) is 0 Å². The number of nitrogens with one attached hydrogen (secondary N) is 4. The molecule has 5 atom stereocenters. The number of unbranched alkanes of at least 4 members (excludes halogenated alkanes) is 1. The van der Waals surface area contributed by atoms with Crippen LogP contribution in [0.2, 0.25) is 0 Å². The van der Waals surface area contributed by atoms with Crippen molar-refractivity contribution in [2.45, 2.75) is 93.3 Å². The van der Waals surface area contributed by atoms with Crippen molar-refractivity contribution in [3.63, 3.8) is 0 Å². The summed E-state index contributed by atoms with van der Waals surface area (Å²) in [4.78, 5) is 141. The fourth-order valence-corrected chi connectivity index (χ4v) is 14.0. The monoisotopic (exact) mass is 1500 g/mol. The second-order valence-electron chi connectivity index (χ2n) is 23.0. The molecule has 0 radical (unpaired) electrons. The van der Waals surface area contributed by atoms with Gasteiger partial charge in [0, 0.05) is 105 Å². The number of aromatic amines is 1. The molecule has 4 heterocycles. The van der Waals surface area contributed by atoms with Crippen LogP contribution in [0.5, 0.6) is 17.2 Å². The summed E-state index contributed by atoms with van der Waals surface area (Å²) in [7, 11) is 3.63. The molecule has 0 saturated heterocycles. The Morgan fingerprint density at radius 3 is 2.31 bits per heavy atom. The zero-order chi connectivity index (χ0) is 73.0. The number of methoxy groups -OCH3 is 1. The van der Waals surface area contributed by atoms with E-state index in [2.05, 4.69) is 46.4 Å². The van der Waals surface area contributed by atoms with E-state index in [-0.39, 0.29) is 123 Å². The van der Waals surface area contributed by atoms with E-state index in [0.717, 1.165) is 21.7 Å². The van der Waals surface area contributed by atoms with E-state index in [1.807, 2.05) is 31.1 Å². The van der Waals surface area contributed by atoms with Gasteiger partial charge in [-0.05, 0) is 69.6 Å². The number of alkyl halides is 1. The first kappa shape index (κ1) is 79.1. The van der Waals surface area contributed by atoms with E-state index in [9.17, 15) is 56.4 Å². The van der Waals surface area contributed by atoms with Gasteiger partial charge in [-0.1, -0.05) is 62.4 Å². The van der Waals surface area contributed by atoms with E-state index in [4.69, 9.17) is 61.4 Å². The van der Waals surface area contributed by atoms with Gasteiger partial charge < -0.3 is 75.4 Å². The molecule has 0 spiro atoms. The van der Waals surface area contributed by atoms with Crippen molar-refractivity contribution in [3.05, 3.63) is 71.7 Å². The normalized spacial score (nSPS) is 13.8. The van der Waals surface area contributed by atoms with Crippen molar-refractivity contribution < 1.29 is 89.5 Å². The number of sulfonamides is 1. The molecule has 546 valence electrons. The molecule has 1 aliphatic rings. The number of aromatic nitrogens is 6. The fraction of sp³-hybridized carbons (Fsp3) is 0.468. The Morgan fingerprint density at radius 2 is 1.61 bits per heavy atom. The number of ether oxygens (including phenoxy) is 7. The molecule has 6 aromatic rings. The summed E-state index contributed by atoms with van der Waals surface area (Å²) < 4.78 is 61.9. The first-order valence-corrected chi connectivity index (χ1v) is 36.9. The number of carbonyl (C=O) groups excluding carboxylic acids is 10. The summed E-state index contributed by atoms with van der Waals surface area (Å²) in [5.74, 6) is -5.31. The number of amides is 4. The Labute approximate surface area is 596 Å². The van der Waals surface area contributed by atoms with Crippen LogP contribution in [-0.4, -0.2) is 207 Å². The van der Waals surface area contributed by atoms with Gasteiger partial charge in [0.25, 0.3) is 35.3 Å². The number of nitrogens with two attached hydrogens (primary N) is 3. The van der Waals surface area contributed by atoms with Crippen molar-refractivity contribution in [2.24, 2.45) is 33.4 Å². The predicted octanol–water partition coefficient (Wildman–Crippen LogP) is 3.72. The molecule has 0 saturated carbocycles. The minimum atomic E-state index is -4.06. The molecule has 39 heteroatoms. The number of carbonyl (C=O) groups is 10. The Hall–Kier alpha value is -9.21. The molecule has 7 rings (SSSR count). The number of guanidine groups is 1. The second-order valence-corrected chi connectivity index (χ2v) is 28.6. The number of fused-ring (bicyclic) bond motifs is 4. The Bertz CT molecular complexity index is 4020. The first-order chi connectivity index (χ1) is 48.5. The Balaban J connectivity index is 0.889. The summed E-state index contributed by atoms with van der Waals surface area (Å²) in [5.41, 5.74) is 13.9. The maximum atomic E-state index is 14.6. The van der Waals surface area contributed by atoms with Crippen LogP contribution in [-0.2, 0) is 80.3 Å². The van der Waals surface area contributed by atoms with Crippen LogP contribution in [0.4, 0.5) is 15.6 Å². The highest BCUT2D eigenvalue weighted by atomic mass is 35.5. The summed E-state index contributed by atoms with van der Waals surface area (Å²) in [6.07, 6.45) is 1.69. The summed E-state index contributed by atoms with van der Waals surface area (Å²) in [6.45, 7) is 0.614. The minimum absolute atomic E-state index is 0.0147. The smallest absolute Gasteiger partial charge is 0.493 e. The molecule has 3 aromatic heterocycles. The molecule has 34 nitrogen and oxygen atoms in total. The van der Waals surface area contributed by atoms with Gasteiger partial charge >= 0.3 is 6.16 Å². The van der Waals surface area contributed by atoms with Gasteiger partial charge in [0.05, 0.1) is 53.2 Å². The molecular formula is C62H78ClN15O19S4. The lowest BCUT2D eigenvalue weighted by Gasteiger charge is -2.24.